The van der Waals surface area contributed by atoms with Gasteiger partial charge in [0.1, 0.15) is 5.82 Å². The molecule has 1 unspecified atom stereocenters. The Balaban J connectivity index is 1.68. The lowest BCUT2D eigenvalue weighted by atomic mass is 10.1. The first kappa shape index (κ1) is 17.0. The minimum atomic E-state index is -0.317. The molecule has 2 heterocycles. The van der Waals surface area contributed by atoms with Gasteiger partial charge in [0.05, 0.1) is 17.3 Å². The van der Waals surface area contributed by atoms with Crippen LogP contribution in [0.5, 0.6) is 0 Å². The average Bonchev–Trinajstić information content (AvgIpc) is 3.30. The second kappa shape index (κ2) is 6.72. The molecule has 0 radical (unpaired) electrons. The Hall–Kier alpha value is -3.41. The summed E-state index contributed by atoms with van der Waals surface area (Å²) in [6.07, 6.45) is 3.51. The van der Waals surface area contributed by atoms with Crippen molar-refractivity contribution in [2.24, 2.45) is 7.05 Å². The lowest BCUT2D eigenvalue weighted by Gasteiger charge is -2.14. The number of nitrogens with one attached hydrogen (secondary N) is 2. The van der Waals surface area contributed by atoms with Gasteiger partial charge in [0.25, 0.3) is 5.91 Å². The molecule has 2 aromatic heterocycles. The zero-order valence-electron chi connectivity index (χ0n) is 15.0. The number of fused-ring (bicyclic) bond motifs is 1. The van der Waals surface area contributed by atoms with Crippen LogP contribution < -0.4 is 5.32 Å². The molecular formula is C21H19FN4O. The molecule has 1 amide bonds. The molecule has 0 aliphatic rings. The summed E-state index contributed by atoms with van der Waals surface area (Å²) >= 11 is 0. The van der Waals surface area contributed by atoms with Gasteiger partial charge >= 0.3 is 0 Å². The minimum absolute atomic E-state index is 0.195. The van der Waals surface area contributed by atoms with Crippen LogP contribution in [-0.4, -0.2) is 20.7 Å². The van der Waals surface area contributed by atoms with Crippen LogP contribution in [0.15, 0.2) is 60.9 Å². The molecular weight excluding hydrogens is 343 g/mol. The van der Waals surface area contributed by atoms with E-state index in [2.05, 4.69) is 15.5 Å². The number of aryl methyl sites for hydroxylation is 1. The first-order chi connectivity index (χ1) is 13.0. The Bertz CT molecular complexity index is 1110. The summed E-state index contributed by atoms with van der Waals surface area (Å²) in [5, 5.41) is 10.7. The number of rotatable bonds is 4. The van der Waals surface area contributed by atoms with Crippen LogP contribution in [-0.2, 0) is 7.05 Å². The molecule has 5 nitrogen and oxygen atoms in total. The summed E-state index contributed by atoms with van der Waals surface area (Å²) in [6, 6.07) is 13.8. The third kappa shape index (κ3) is 3.21. The molecule has 0 aliphatic carbocycles. The van der Waals surface area contributed by atoms with Crippen LogP contribution in [0.3, 0.4) is 0 Å². The molecule has 2 N–H and O–H groups in total. The van der Waals surface area contributed by atoms with Gasteiger partial charge < -0.3 is 9.88 Å². The fourth-order valence-corrected chi connectivity index (χ4v) is 3.29. The predicted octanol–water partition coefficient (Wildman–Crippen LogP) is 4.20. The summed E-state index contributed by atoms with van der Waals surface area (Å²) in [7, 11) is 1.91. The van der Waals surface area contributed by atoms with Gasteiger partial charge in [-0.25, -0.2) is 4.39 Å². The molecule has 0 saturated heterocycles. The first-order valence-corrected chi connectivity index (χ1v) is 8.68. The van der Waals surface area contributed by atoms with E-state index < -0.39 is 0 Å². The lowest BCUT2D eigenvalue weighted by Crippen LogP contribution is -2.26. The van der Waals surface area contributed by atoms with Crippen LogP contribution in [0.2, 0.25) is 0 Å². The second-order valence-corrected chi connectivity index (χ2v) is 6.61. The standard InChI is InChI=1S/C21H19FN4O/c1-13(14-4-3-5-16(22)10-14)24-21(27)18-12-26(2)20-7-6-15(11-17(18)20)19-8-9-23-25-19/h3-13H,1-2H3,(H,23,25)(H,24,27). The van der Waals surface area contributed by atoms with Crippen LogP contribution in [0.25, 0.3) is 22.2 Å². The van der Waals surface area contributed by atoms with E-state index >= 15 is 0 Å². The van der Waals surface area contributed by atoms with Crippen LogP contribution in [0.4, 0.5) is 4.39 Å². The number of H-pyrrole nitrogens is 1. The third-order valence-corrected chi connectivity index (χ3v) is 4.74. The number of carbonyl (C=O) groups is 1. The fourth-order valence-electron chi connectivity index (χ4n) is 3.29. The monoisotopic (exact) mass is 362 g/mol. The molecule has 0 aliphatic heterocycles. The molecule has 27 heavy (non-hydrogen) atoms. The van der Waals surface area contributed by atoms with Crippen molar-refractivity contribution in [2.45, 2.75) is 13.0 Å². The third-order valence-electron chi connectivity index (χ3n) is 4.74. The number of nitrogens with zero attached hydrogens (tertiary/aromatic N) is 2. The summed E-state index contributed by atoms with van der Waals surface area (Å²) in [4.78, 5) is 12.9. The highest BCUT2D eigenvalue weighted by Gasteiger charge is 2.17. The quantitative estimate of drug-likeness (QED) is 0.572. The fraction of sp³-hybridized carbons (Fsp3) is 0.143. The zero-order valence-corrected chi connectivity index (χ0v) is 15.0. The maximum Gasteiger partial charge on any atom is 0.253 e. The Labute approximate surface area is 155 Å². The predicted molar refractivity (Wildman–Crippen MR) is 103 cm³/mol. The molecule has 6 heteroatoms. The van der Waals surface area contributed by atoms with Crippen LogP contribution in [0, 0.1) is 5.82 Å². The second-order valence-electron chi connectivity index (χ2n) is 6.61. The molecule has 0 fully saturated rings. The highest BCUT2D eigenvalue weighted by Crippen LogP contribution is 2.27. The van der Waals surface area contributed by atoms with Gasteiger partial charge in [-0.2, -0.15) is 5.10 Å². The van der Waals surface area contributed by atoms with Gasteiger partial charge in [-0.3, -0.25) is 9.89 Å². The van der Waals surface area contributed by atoms with Gasteiger partial charge in [-0.15, -0.1) is 0 Å². The molecule has 0 bridgehead atoms. The largest absolute Gasteiger partial charge is 0.350 e. The van der Waals surface area contributed by atoms with Gasteiger partial charge in [-0.1, -0.05) is 18.2 Å². The topological polar surface area (TPSA) is 62.7 Å². The van der Waals surface area contributed by atoms with E-state index in [4.69, 9.17) is 0 Å². The van der Waals surface area contributed by atoms with Gasteiger partial charge in [0, 0.05) is 35.9 Å². The number of carbonyl (C=O) groups excluding carboxylic acids is 1. The number of hydrogen-bond donors (Lipinski definition) is 2. The van der Waals surface area contributed by atoms with Gasteiger partial charge in [-0.05, 0) is 42.8 Å². The van der Waals surface area contributed by atoms with Gasteiger partial charge in [0.2, 0.25) is 0 Å². The van der Waals surface area contributed by atoms with Gasteiger partial charge in [0.15, 0.2) is 0 Å². The van der Waals surface area contributed by atoms with Crippen molar-refractivity contribution in [3.63, 3.8) is 0 Å². The van der Waals surface area contributed by atoms with Crippen molar-refractivity contribution >= 4 is 16.8 Å². The van der Waals surface area contributed by atoms with Crippen molar-refractivity contribution in [1.29, 1.82) is 0 Å². The number of aromatic amines is 1. The molecule has 0 saturated carbocycles. The summed E-state index contributed by atoms with van der Waals surface area (Å²) in [5.74, 6) is -0.512. The Morgan fingerprint density at radius 2 is 2.07 bits per heavy atom. The van der Waals surface area contributed by atoms with E-state index in [-0.39, 0.29) is 17.8 Å². The average molecular weight is 362 g/mol. The number of benzene rings is 2. The van der Waals surface area contributed by atoms with E-state index in [9.17, 15) is 9.18 Å². The number of hydrogen-bond acceptors (Lipinski definition) is 2. The van der Waals surface area contributed by atoms with E-state index in [1.54, 1.807) is 18.3 Å². The summed E-state index contributed by atoms with van der Waals surface area (Å²) in [6.45, 7) is 1.84. The summed E-state index contributed by atoms with van der Waals surface area (Å²) < 4.78 is 15.4. The Morgan fingerprint density at radius 1 is 1.22 bits per heavy atom. The van der Waals surface area contributed by atoms with Crippen molar-refractivity contribution in [3.8, 4) is 11.3 Å². The SMILES string of the molecule is CC(NC(=O)c1cn(C)c2ccc(-c3ccn[nH]3)cc12)c1cccc(F)c1. The first-order valence-electron chi connectivity index (χ1n) is 8.68. The van der Waals surface area contributed by atoms with E-state index in [0.29, 0.717) is 5.56 Å². The van der Waals surface area contributed by atoms with Crippen molar-refractivity contribution in [2.75, 3.05) is 0 Å². The molecule has 0 spiro atoms. The molecule has 4 rings (SSSR count). The highest BCUT2D eigenvalue weighted by molar-refractivity contribution is 6.08. The van der Waals surface area contributed by atoms with E-state index in [1.165, 1.54) is 12.1 Å². The zero-order chi connectivity index (χ0) is 19.0. The maximum atomic E-state index is 13.5. The maximum absolute atomic E-state index is 13.5. The normalized spacial score (nSPS) is 12.3. The molecule has 136 valence electrons. The van der Waals surface area contributed by atoms with Crippen molar-refractivity contribution < 1.29 is 9.18 Å². The van der Waals surface area contributed by atoms with Crippen molar-refractivity contribution in [3.05, 3.63) is 77.9 Å². The molecule has 1 atom stereocenters. The Morgan fingerprint density at radius 3 is 2.81 bits per heavy atom. The molecule has 4 aromatic rings. The van der Waals surface area contributed by atoms with Crippen LogP contribution in [0.1, 0.15) is 28.9 Å². The van der Waals surface area contributed by atoms with E-state index in [1.807, 2.05) is 49.0 Å². The minimum Gasteiger partial charge on any atom is -0.350 e. The molecule has 2 aromatic carbocycles. The van der Waals surface area contributed by atoms with Crippen molar-refractivity contribution in [1.82, 2.24) is 20.1 Å². The lowest BCUT2D eigenvalue weighted by molar-refractivity contribution is 0.0941. The Kier molecular flexibility index (Phi) is 4.24. The number of amides is 1. The van der Waals surface area contributed by atoms with Crippen LogP contribution >= 0.6 is 0 Å². The highest BCUT2D eigenvalue weighted by atomic mass is 19.1. The number of aromatic nitrogens is 3. The van der Waals surface area contributed by atoms with E-state index in [0.717, 1.165) is 27.7 Å². The summed E-state index contributed by atoms with van der Waals surface area (Å²) in [5.41, 5.74) is 4.11. The number of halogens is 1. The smallest absolute Gasteiger partial charge is 0.253 e.